The van der Waals surface area contributed by atoms with Crippen LogP contribution < -0.4 is 9.80 Å². The second-order valence-electron chi connectivity index (χ2n) is 9.56. The number of hydrogen-bond donors (Lipinski definition) is 0. The van der Waals surface area contributed by atoms with Crippen LogP contribution in [0.25, 0.3) is 5.69 Å². The number of pyridine rings is 1. The summed E-state index contributed by atoms with van der Waals surface area (Å²) in [4.78, 5) is 11.8. The maximum Gasteiger partial charge on any atom is 0.231 e. The summed E-state index contributed by atoms with van der Waals surface area (Å²) in [5.74, 6) is 3.08. The molecule has 2 saturated heterocycles. The Morgan fingerprint density at radius 1 is 0.935 bits per heavy atom. The van der Waals surface area contributed by atoms with Crippen LogP contribution in [0.15, 0.2) is 42.6 Å². The van der Waals surface area contributed by atoms with Crippen LogP contribution in [-0.2, 0) is 13.1 Å². The van der Waals surface area contributed by atoms with Gasteiger partial charge in [-0.25, -0.2) is 4.98 Å². The van der Waals surface area contributed by atoms with Crippen LogP contribution in [0.2, 0.25) is 5.02 Å². The first-order valence-corrected chi connectivity index (χ1v) is 11.4. The molecule has 0 N–H and O–H groups in total. The van der Waals surface area contributed by atoms with Crippen LogP contribution >= 0.6 is 11.6 Å². The summed E-state index contributed by atoms with van der Waals surface area (Å²) in [5.41, 5.74) is 2.78. The van der Waals surface area contributed by atoms with E-state index in [0.29, 0.717) is 11.5 Å². The lowest BCUT2D eigenvalue weighted by Crippen LogP contribution is -2.73. The molecule has 5 heterocycles. The molecule has 1 saturated carbocycles. The van der Waals surface area contributed by atoms with Crippen LogP contribution in [0, 0.1) is 5.41 Å². The van der Waals surface area contributed by atoms with E-state index >= 15 is 0 Å². The second-order valence-corrected chi connectivity index (χ2v) is 10.00. The van der Waals surface area contributed by atoms with E-state index in [1.54, 1.807) is 0 Å². The minimum atomic E-state index is 0.345. The summed E-state index contributed by atoms with van der Waals surface area (Å²) < 4.78 is 2.27. The highest BCUT2D eigenvalue weighted by Gasteiger charge is 2.53. The third kappa shape index (κ3) is 2.87. The summed E-state index contributed by atoms with van der Waals surface area (Å²) in [6.07, 6.45) is 4.42. The van der Waals surface area contributed by atoms with Crippen LogP contribution in [0.1, 0.15) is 24.2 Å². The first-order chi connectivity index (χ1) is 15.2. The fraction of sp³-hybridized carbons (Fsp3) is 0.435. The van der Waals surface area contributed by atoms with Gasteiger partial charge in [0.2, 0.25) is 5.95 Å². The second kappa shape index (κ2) is 6.43. The standard InChI is InChI=1S/C23H24ClN7/c24-17-4-7-19-16(9-17)10-28(18-5-6-18)11-21-26-27-22(31(19)21)30-14-23(15-30)12-29(13-23)20-3-1-2-8-25-20/h1-4,7-9,18H,5-6,10-15H2. The molecule has 1 aromatic carbocycles. The number of rotatable bonds is 3. The van der Waals surface area contributed by atoms with E-state index in [-0.39, 0.29) is 0 Å². The van der Waals surface area contributed by atoms with E-state index in [0.717, 1.165) is 61.9 Å². The first kappa shape index (κ1) is 18.0. The van der Waals surface area contributed by atoms with Crippen LogP contribution in [0.5, 0.6) is 0 Å². The number of fused-ring (bicyclic) bond motifs is 3. The van der Waals surface area contributed by atoms with Crippen molar-refractivity contribution >= 4 is 23.4 Å². The lowest BCUT2D eigenvalue weighted by Gasteiger charge is -2.60. The van der Waals surface area contributed by atoms with E-state index in [4.69, 9.17) is 11.6 Å². The van der Waals surface area contributed by atoms with Crippen molar-refractivity contribution in [2.75, 3.05) is 36.0 Å². The van der Waals surface area contributed by atoms with Crippen molar-refractivity contribution in [3.63, 3.8) is 0 Å². The van der Waals surface area contributed by atoms with Gasteiger partial charge in [-0.1, -0.05) is 17.7 Å². The van der Waals surface area contributed by atoms with Gasteiger partial charge in [-0.3, -0.25) is 9.47 Å². The Morgan fingerprint density at radius 3 is 2.55 bits per heavy atom. The van der Waals surface area contributed by atoms with E-state index < -0.39 is 0 Å². The Hall–Kier alpha value is -2.64. The SMILES string of the molecule is Clc1ccc2c(c1)CN(C1CC1)Cc1nnc(N3CC4(CN(c5ccccn5)C4)C3)n1-2. The van der Waals surface area contributed by atoms with Crippen molar-refractivity contribution in [3.05, 3.63) is 59.0 Å². The van der Waals surface area contributed by atoms with Crippen molar-refractivity contribution < 1.29 is 0 Å². The molecule has 0 unspecified atom stereocenters. The van der Waals surface area contributed by atoms with Gasteiger partial charge in [-0.15, -0.1) is 10.2 Å². The third-order valence-corrected chi connectivity index (χ3v) is 7.37. The fourth-order valence-electron chi connectivity index (χ4n) is 5.49. The Bertz CT molecular complexity index is 1140. The van der Waals surface area contributed by atoms with Gasteiger partial charge < -0.3 is 9.80 Å². The number of aromatic nitrogens is 4. The quantitative estimate of drug-likeness (QED) is 0.632. The predicted octanol–water partition coefficient (Wildman–Crippen LogP) is 3.12. The average molecular weight is 434 g/mol. The Kier molecular flexibility index (Phi) is 3.73. The van der Waals surface area contributed by atoms with Crippen molar-refractivity contribution in [1.82, 2.24) is 24.6 Å². The molecule has 3 fully saturated rings. The van der Waals surface area contributed by atoms with Crippen molar-refractivity contribution in [1.29, 1.82) is 0 Å². The molecule has 0 atom stereocenters. The number of nitrogens with zero attached hydrogens (tertiary/aromatic N) is 7. The van der Waals surface area contributed by atoms with Crippen molar-refractivity contribution in [2.45, 2.75) is 32.0 Å². The molecule has 3 aliphatic heterocycles. The topological polar surface area (TPSA) is 53.3 Å². The molecule has 8 heteroatoms. The molecule has 0 radical (unpaired) electrons. The van der Waals surface area contributed by atoms with Gasteiger partial charge in [0.05, 0.1) is 12.2 Å². The number of benzene rings is 1. The number of anilines is 2. The maximum atomic E-state index is 6.36. The lowest BCUT2D eigenvalue weighted by molar-refractivity contribution is 0.153. The van der Waals surface area contributed by atoms with Gasteiger partial charge in [0.1, 0.15) is 5.82 Å². The number of hydrogen-bond acceptors (Lipinski definition) is 6. The normalized spacial score (nSPS) is 21.8. The van der Waals surface area contributed by atoms with Gasteiger partial charge in [0.25, 0.3) is 0 Å². The molecule has 3 aromatic rings. The summed E-state index contributed by atoms with van der Waals surface area (Å²) in [6.45, 7) is 5.92. The summed E-state index contributed by atoms with van der Waals surface area (Å²) >= 11 is 6.36. The fourth-order valence-corrected chi connectivity index (χ4v) is 5.68. The van der Waals surface area contributed by atoms with Crippen LogP contribution in [0.4, 0.5) is 11.8 Å². The molecular weight excluding hydrogens is 410 g/mol. The monoisotopic (exact) mass is 433 g/mol. The van der Waals surface area contributed by atoms with Crippen molar-refractivity contribution in [2.24, 2.45) is 5.41 Å². The molecule has 1 spiro atoms. The Morgan fingerprint density at radius 2 is 1.77 bits per heavy atom. The van der Waals surface area contributed by atoms with Gasteiger partial charge in [-0.2, -0.15) is 0 Å². The first-order valence-electron chi connectivity index (χ1n) is 11.1. The highest BCUT2D eigenvalue weighted by atomic mass is 35.5. The minimum absolute atomic E-state index is 0.345. The highest BCUT2D eigenvalue weighted by molar-refractivity contribution is 6.30. The van der Waals surface area contributed by atoms with Crippen molar-refractivity contribution in [3.8, 4) is 5.69 Å². The van der Waals surface area contributed by atoms with E-state index in [1.165, 1.54) is 24.1 Å². The molecule has 4 aliphatic rings. The maximum absolute atomic E-state index is 6.36. The molecule has 158 valence electrons. The number of halogens is 1. The Balaban J connectivity index is 1.16. The summed E-state index contributed by atoms with van der Waals surface area (Å²) in [5, 5.41) is 10.1. The molecule has 2 aromatic heterocycles. The van der Waals surface area contributed by atoms with Gasteiger partial charge in [-0.05, 0) is 48.7 Å². The van der Waals surface area contributed by atoms with Crippen LogP contribution in [-0.4, -0.2) is 56.9 Å². The molecular formula is C23H24ClN7. The minimum Gasteiger partial charge on any atom is -0.355 e. The highest BCUT2D eigenvalue weighted by Crippen LogP contribution is 2.44. The van der Waals surface area contributed by atoms with E-state index in [2.05, 4.69) is 58.7 Å². The van der Waals surface area contributed by atoms with E-state index in [9.17, 15) is 0 Å². The largest absolute Gasteiger partial charge is 0.355 e. The average Bonchev–Trinajstić information content (AvgIpc) is 3.50. The molecule has 31 heavy (non-hydrogen) atoms. The molecule has 7 nitrogen and oxygen atoms in total. The lowest BCUT2D eigenvalue weighted by atomic mass is 9.73. The zero-order valence-corrected chi connectivity index (χ0v) is 18.0. The third-order valence-electron chi connectivity index (χ3n) is 7.14. The van der Waals surface area contributed by atoms with Gasteiger partial charge in [0.15, 0.2) is 5.82 Å². The zero-order valence-electron chi connectivity index (χ0n) is 17.3. The predicted molar refractivity (Wildman–Crippen MR) is 120 cm³/mol. The summed E-state index contributed by atoms with van der Waals surface area (Å²) in [6, 6.07) is 13.0. The van der Waals surface area contributed by atoms with Gasteiger partial charge >= 0.3 is 0 Å². The van der Waals surface area contributed by atoms with Crippen LogP contribution in [0.3, 0.4) is 0 Å². The van der Waals surface area contributed by atoms with Gasteiger partial charge in [0, 0.05) is 55.4 Å². The molecule has 0 bridgehead atoms. The Labute approximate surface area is 186 Å². The molecule has 0 amide bonds. The van der Waals surface area contributed by atoms with E-state index in [1.807, 2.05) is 18.3 Å². The smallest absolute Gasteiger partial charge is 0.231 e. The zero-order chi connectivity index (χ0) is 20.6. The molecule has 7 rings (SSSR count). The summed E-state index contributed by atoms with van der Waals surface area (Å²) in [7, 11) is 0. The molecule has 1 aliphatic carbocycles.